The molecule has 0 aromatic carbocycles. The molecule has 1 saturated carbocycles. The lowest BCUT2D eigenvalue weighted by molar-refractivity contribution is 0.246. The van der Waals surface area contributed by atoms with Crippen molar-refractivity contribution in [2.45, 2.75) is 38.8 Å². The van der Waals surface area contributed by atoms with Crippen molar-refractivity contribution in [2.24, 2.45) is 0 Å². The second-order valence-corrected chi connectivity index (χ2v) is 5.11. The van der Waals surface area contributed by atoms with Gasteiger partial charge in [-0.05, 0) is 50.3 Å². The van der Waals surface area contributed by atoms with Crippen LogP contribution in [-0.2, 0) is 0 Å². The van der Waals surface area contributed by atoms with Gasteiger partial charge in [-0.1, -0.05) is 0 Å². The lowest BCUT2D eigenvalue weighted by Gasteiger charge is -2.17. The van der Waals surface area contributed by atoms with E-state index in [0.717, 1.165) is 11.4 Å². The fraction of sp³-hybridized carbons (Fsp3) is 0.400. The van der Waals surface area contributed by atoms with E-state index in [4.69, 9.17) is 4.74 Å². The van der Waals surface area contributed by atoms with E-state index in [-0.39, 0.29) is 6.23 Å². The quantitative estimate of drug-likeness (QED) is 0.846. The molecule has 1 N–H and O–H groups in total. The minimum atomic E-state index is -0.218. The topological polar surface area (TPSA) is 59.9 Å². The monoisotopic (exact) mass is 270 g/mol. The highest BCUT2D eigenvalue weighted by Crippen LogP contribution is 2.39. The Kier molecular flexibility index (Phi) is 3.50. The van der Waals surface area contributed by atoms with Crippen LogP contribution < -0.4 is 10.1 Å². The largest absolute Gasteiger partial charge is 0.469 e. The Morgan fingerprint density at radius 2 is 2.00 bits per heavy atom. The lowest BCUT2D eigenvalue weighted by Crippen LogP contribution is -2.24. The SMILES string of the molecule is Cc1ncccc1OC(C)Nc1ncc(C2CC2)cn1. The number of aryl methyl sites for hydroxylation is 1. The highest BCUT2D eigenvalue weighted by molar-refractivity contribution is 5.30. The highest BCUT2D eigenvalue weighted by Gasteiger charge is 2.24. The molecule has 104 valence electrons. The van der Waals surface area contributed by atoms with E-state index in [0.29, 0.717) is 11.9 Å². The van der Waals surface area contributed by atoms with Crippen LogP contribution in [0.5, 0.6) is 5.75 Å². The number of anilines is 1. The van der Waals surface area contributed by atoms with E-state index in [1.165, 1.54) is 18.4 Å². The van der Waals surface area contributed by atoms with Gasteiger partial charge in [-0.2, -0.15) is 0 Å². The Hall–Kier alpha value is -2.17. The van der Waals surface area contributed by atoms with Crippen molar-refractivity contribution in [1.82, 2.24) is 15.0 Å². The Labute approximate surface area is 118 Å². The number of aromatic nitrogens is 3. The van der Waals surface area contributed by atoms with Gasteiger partial charge in [-0.25, -0.2) is 9.97 Å². The van der Waals surface area contributed by atoms with Crippen LogP contribution in [0.15, 0.2) is 30.7 Å². The molecule has 0 bridgehead atoms. The molecule has 1 aliphatic rings. The number of nitrogens with zero attached hydrogens (tertiary/aromatic N) is 3. The first-order chi connectivity index (χ1) is 9.72. The minimum absolute atomic E-state index is 0.218. The van der Waals surface area contributed by atoms with Crippen molar-refractivity contribution in [2.75, 3.05) is 5.32 Å². The smallest absolute Gasteiger partial charge is 0.225 e. The van der Waals surface area contributed by atoms with Gasteiger partial charge in [-0.15, -0.1) is 0 Å². The third kappa shape index (κ3) is 3.04. The van der Waals surface area contributed by atoms with Crippen LogP contribution >= 0.6 is 0 Å². The van der Waals surface area contributed by atoms with Crippen LogP contribution in [-0.4, -0.2) is 21.2 Å². The Morgan fingerprint density at radius 3 is 2.65 bits per heavy atom. The van der Waals surface area contributed by atoms with Gasteiger partial charge in [0.1, 0.15) is 5.75 Å². The van der Waals surface area contributed by atoms with E-state index in [9.17, 15) is 0 Å². The zero-order chi connectivity index (χ0) is 13.9. The van der Waals surface area contributed by atoms with E-state index in [1.54, 1.807) is 6.20 Å². The first-order valence-corrected chi connectivity index (χ1v) is 6.89. The van der Waals surface area contributed by atoms with Gasteiger partial charge >= 0.3 is 0 Å². The summed E-state index contributed by atoms with van der Waals surface area (Å²) >= 11 is 0. The number of nitrogens with one attached hydrogen (secondary N) is 1. The predicted octanol–water partition coefficient (Wildman–Crippen LogP) is 2.89. The maximum Gasteiger partial charge on any atom is 0.225 e. The molecule has 2 heterocycles. The summed E-state index contributed by atoms with van der Waals surface area (Å²) in [6, 6.07) is 3.76. The molecule has 0 spiro atoms. The van der Waals surface area contributed by atoms with Gasteiger partial charge in [0.05, 0.1) is 5.69 Å². The second kappa shape index (κ2) is 5.45. The first kappa shape index (κ1) is 12.8. The molecule has 0 amide bonds. The molecule has 1 fully saturated rings. The lowest BCUT2D eigenvalue weighted by atomic mass is 10.2. The van der Waals surface area contributed by atoms with Crippen LogP contribution in [0.1, 0.15) is 36.9 Å². The molecule has 20 heavy (non-hydrogen) atoms. The summed E-state index contributed by atoms with van der Waals surface area (Å²) in [4.78, 5) is 12.8. The summed E-state index contributed by atoms with van der Waals surface area (Å²) in [5, 5.41) is 3.13. The number of rotatable bonds is 5. The summed E-state index contributed by atoms with van der Waals surface area (Å²) in [6.45, 7) is 3.84. The number of hydrogen-bond acceptors (Lipinski definition) is 5. The highest BCUT2D eigenvalue weighted by atomic mass is 16.5. The van der Waals surface area contributed by atoms with E-state index in [1.807, 2.05) is 38.4 Å². The summed E-state index contributed by atoms with van der Waals surface area (Å²) in [6.07, 6.45) is 7.85. The second-order valence-electron chi connectivity index (χ2n) is 5.11. The van der Waals surface area contributed by atoms with Crippen molar-refractivity contribution in [3.8, 4) is 5.75 Å². The van der Waals surface area contributed by atoms with Crippen molar-refractivity contribution in [1.29, 1.82) is 0 Å². The standard InChI is InChI=1S/C15H18N4O/c1-10-14(4-3-7-16-10)20-11(2)19-15-17-8-13(9-18-15)12-5-6-12/h3-4,7-9,11-12H,5-6H2,1-2H3,(H,17,18,19). The van der Waals surface area contributed by atoms with Crippen molar-refractivity contribution < 1.29 is 4.74 Å². The first-order valence-electron chi connectivity index (χ1n) is 6.89. The molecule has 5 heteroatoms. The Bertz CT molecular complexity index is 581. The molecular formula is C15H18N4O. The Morgan fingerprint density at radius 1 is 1.25 bits per heavy atom. The average molecular weight is 270 g/mol. The van der Waals surface area contributed by atoms with Crippen molar-refractivity contribution in [3.63, 3.8) is 0 Å². The summed E-state index contributed by atoms with van der Waals surface area (Å²) < 4.78 is 5.79. The molecule has 0 saturated heterocycles. The van der Waals surface area contributed by atoms with Crippen molar-refractivity contribution in [3.05, 3.63) is 42.0 Å². The van der Waals surface area contributed by atoms with Crippen LogP contribution in [0.3, 0.4) is 0 Å². The normalized spacial score (nSPS) is 15.7. The number of ether oxygens (including phenoxy) is 1. The van der Waals surface area contributed by atoms with Gasteiger partial charge in [-0.3, -0.25) is 4.98 Å². The predicted molar refractivity (Wildman–Crippen MR) is 76.7 cm³/mol. The summed E-state index contributed by atoms with van der Waals surface area (Å²) in [5.41, 5.74) is 2.10. The summed E-state index contributed by atoms with van der Waals surface area (Å²) in [7, 11) is 0. The average Bonchev–Trinajstić information content (AvgIpc) is 3.27. The van der Waals surface area contributed by atoms with Crippen molar-refractivity contribution >= 4 is 5.95 Å². The molecule has 2 aromatic rings. The maximum absolute atomic E-state index is 5.79. The molecule has 2 aromatic heterocycles. The van der Waals surface area contributed by atoms with E-state index >= 15 is 0 Å². The number of pyridine rings is 1. The molecular weight excluding hydrogens is 252 g/mol. The van der Waals surface area contributed by atoms with Crippen LogP contribution in [0, 0.1) is 6.92 Å². The van der Waals surface area contributed by atoms with E-state index < -0.39 is 0 Å². The minimum Gasteiger partial charge on any atom is -0.469 e. The van der Waals surface area contributed by atoms with E-state index in [2.05, 4.69) is 20.3 Å². The molecule has 1 unspecified atom stereocenters. The Balaban J connectivity index is 1.60. The van der Waals surface area contributed by atoms with Gasteiger partial charge in [0, 0.05) is 18.6 Å². The third-order valence-electron chi connectivity index (χ3n) is 3.32. The zero-order valence-corrected chi connectivity index (χ0v) is 11.7. The number of hydrogen-bond donors (Lipinski definition) is 1. The van der Waals surface area contributed by atoms with Crippen LogP contribution in [0.4, 0.5) is 5.95 Å². The van der Waals surface area contributed by atoms with Gasteiger partial charge in [0.25, 0.3) is 0 Å². The van der Waals surface area contributed by atoms with Gasteiger partial charge in [0.15, 0.2) is 6.23 Å². The fourth-order valence-electron chi connectivity index (χ4n) is 2.04. The molecule has 1 atom stereocenters. The van der Waals surface area contributed by atoms with Gasteiger partial charge < -0.3 is 10.1 Å². The van der Waals surface area contributed by atoms with Crippen LogP contribution in [0.25, 0.3) is 0 Å². The molecule has 0 aliphatic heterocycles. The molecule has 5 nitrogen and oxygen atoms in total. The zero-order valence-electron chi connectivity index (χ0n) is 11.7. The van der Waals surface area contributed by atoms with Crippen LogP contribution in [0.2, 0.25) is 0 Å². The third-order valence-corrected chi connectivity index (χ3v) is 3.32. The molecule has 3 rings (SSSR count). The fourth-order valence-corrected chi connectivity index (χ4v) is 2.04. The molecule has 1 aliphatic carbocycles. The molecule has 0 radical (unpaired) electrons. The van der Waals surface area contributed by atoms with Gasteiger partial charge in [0.2, 0.25) is 5.95 Å². The summed E-state index contributed by atoms with van der Waals surface area (Å²) in [5.74, 6) is 2.03. The maximum atomic E-state index is 5.79.